The minimum absolute atomic E-state index is 0. The Labute approximate surface area is 505 Å². The number of carbonyl (C=O) groups is 4. The van der Waals surface area contributed by atoms with Crippen LogP contribution in [0.5, 0.6) is 0 Å². The summed E-state index contributed by atoms with van der Waals surface area (Å²) in [6.45, 7) is 23.4. The normalized spacial score (nSPS) is 10.2. The van der Waals surface area contributed by atoms with E-state index in [2.05, 4.69) is 124 Å². The number of nitrogens with zero attached hydrogens (tertiary/aromatic N) is 7. The van der Waals surface area contributed by atoms with E-state index in [4.69, 9.17) is 60.7 Å². The van der Waals surface area contributed by atoms with Crippen LogP contribution in [0.2, 0.25) is 0 Å². The van der Waals surface area contributed by atoms with Crippen LogP contribution in [-0.4, -0.2) is 126 Å². The fraction of sp³-hybridized carbons (Fsp3) is 0.356. The highest BCUT2D eigenvalue weighted by Crippen LogP contribution is 2.41. The lowest BCUT2D eigenvalue weighted by Crippen LogP contribution is -2.32. The van der Waals surface area contributed by atoms with Crippen molar-refractivity contribution in [3.8, 4) is 108 Å². The number of nitrogens with two attached hydrogens (primary N) is 1. The number of hydrogen-bond acceptors (Lipinski definition) is 17. The van der Waals surface area contributed by atoms with Gasteiger partial charge in [0.1, 0.15) is 29.0 Å². The molecule has 0 aliphatic carbocycles. The molecular weight excluding hydrogens is 1090 g/mol. The molecule has 3 aromatic rings. The fourth-order valence-electron chi connectivity index (χ4n) is 6.14. The molecule has 2 atom stereocenters. The number of rotatable bonds is 30. The highest BCUT2D eigenvalue weighted by Gasteiger charge is 2.20. The summed E-state index contributed by atoms with van der Waals surface area (Å²) >= 11 is 2.28. The second-order valence-corrected chi connectivity index (χ2v) is 17.9. The molecule has 2 unspecified atom stereocenters. The van der Waals surface area contributed by atoms with E-state index in [0.29, 0.717) is 87.5 Å². The molecule has 3 rings (SSSR count). The third-order valence-corrected chi connectivity index (χ3v) is 12.3. The Kier molecular flexibility index (Phi) is 34.1. The molecule has 0 saturated heterocycles. The van der Waals surface area contributed by atoms with Gasteiger partial charge in [-0.25, -0.2) is 9.69 Å². The van der Waals surface area contributed by atoms with Crippen LogP contribution in [0.15, 0.2) is 28.4 Å². The number of anilines is 2. The van der Waals surface area contributed by atoms with Crippen LogP contribution in [0.4, 0.5) is 31.4 Å². The smallest absolute Gasteiger partial charge is 0.319 e. The lowest BCUT2D eigenvalue weighted by Gasteiger charge is -2.25. The third-order valence-electron chi connectivity index (χ3n) is 10.2. The number of benzene rings is 1. The lowest BCUT2D eigenvalue weighted by molar-refractivity contribution is -0.142. The van der Waals surface area contributed by atoms with Gasteiger partial charge in [-0.2, -0.15) is 10.5 Å². The zero-order valence-corrected chi connectivity index (χ0v) is 46.6. The molecular formula is C59H82N10O11S2. The van der Waals surface area contributed by atoms with Crippen LogP contribution in [0.1, 0.15) is 60.6 Å². The van der Waals surface area contributed by atoms with Crippen molar-refractivity contribution in [1.82, 2.24) is 10.6 Å². The first-order chi connectivity index (χ1) is 39.6. The van der Waals surface area contributed by atoms with Gasteiger partial charge in [-0.3, -0.25) is 19.2 Å². The van der Waals surface area contributed by atoms with Crippen molar-refractivity contribution in [2.75, 3.05) is 103 Å². The molecule has 0 bridgehead atoms. The molecule has 23 heteroatoms. The molecule has 21 nitrogen and oxygen atoms in total. The monoisotopic (exact) mass is 1170 g/mol. The number of carboxylic acids is 2. The minimum Gasteiger partial charge on any atom is -0.480 e. The first-order valence-electron chi connectivity index (χ1n) is 24.3. The SMILES string of the molecule is [C-]#[N+]c1sc(N)c(C#N)c1C.[C-]#[N+]c1sc(N=Nc2ccc(N(CCOCCOCCNC(=O)CC(C#CC#CC#CC#C)C(=O)O)CCOCCOCCOCCNC(=O)CC(C#CC#CC#CC#C)C(=O)O)cc2C)c(C#N)c1C.[HH].[HH].[HH].[HH].[HH].[HH].[HH].[HH].[HH].[HH].[HH].[HH].[HH].[HH]. The largest absolute Gasteiger partial charge is 0.480 e. The maximum atomic E-state index is 12.3. The molecule has 446 valence electrons. The van der Waals surface area contributed by atoms with Gasteiger partial charge in [-0.05, 0) is 127 Å². The Hall–Kier alpha value is -10.1. The predicted octanol–water partition coefficient (Wildman–Crippen LogP) is 9.30. The first-order valence-corrected chi connectivity index (χ1v) is 25.9. The highest BCUT2D eigenvalue weighted by atomic mass is 32.1. The molecule has 0 saturated carbocycles. The number of aryl methyl sites for hydroxylation is 1. The molecule has 0 spiro atoms. The minimum atomic E-state index is -1.26. The van der Waals surface area contributed by atoms with Crippen LogP contribution in [0, 0.1) is 164 Å². The van der Waals surface area contributed by atoms with Gasteiger partial charge in [-0.15, -0.1) is 45.7 Å². The van der Waals surface area contributed by atoms with E-state index in [0.717, 1.165) is 22.6 Å². The number of hydrogen-bond donors (Lipinski definition) is 5. The van der Waals surface area contributed by atoms with Crippen molar-refractivity contribution in [2.45, 2.75) is 33.6 Å². The maximum absolute atomic E-state index is 12.3. The van der Waals surface area contributed by atoms with E-state index < -0.39 is 35.6 Å². The number of aliphatic carboxylic acids is 2. The third kappa shape index (κ3) is 27.0. The highest BCUT2D eigenvalue weighted by molar-refractivity contribution is 7.20. The molecule has 1 aromatic carbocycles. The van der Waals surface area contributed by atoms with E-state index in [1.54, 1.807) is 13.8 Å². The number of amides is 2. The number of azo groups is 1. The van der Waals surface area contributed by atoms with E-state index in [-0.39, 0.29) is 85.5 Å². The summed E-state index contributed by atoms with van der Waals surface area (Å²) in [5.74, 6) is 26.4. The summed E-state index contributed by atoms with van der Waals surface area (Å²) in [6, 6.07) is 9.72. The van der Waals surface area contributed by atoms with Crippen LogP contribution in [-0.2, 0) is 42.9 Å². The van der Waals surface area contributed by atoms with E-state index in [1.165, 1.54) is 11.3 Å². The Bertz CT molecular complexity index is 3480. The summed E-state index contributed by atoms with van der Waals surface area (Å²) in [5.41, 5.74) is 9.80. The summed E-state index contributed by atoms with van der Waals surface area (Å²) in [7, 11) is 0. The van der Waals surface area contributed by atoms with E-state index >= 15 is 0 Å². The number of carboxylic acid groups (broad SMARTS) is 2. The van der Waals surface area contributed by atoms with Gasteiger partial charge >= 0.3 is 11.9 Å². The van der Waals surface area contributed by atoms with Gasteiger partial charge in [0, 0.05) is 51.8 Å². The zero-order valence-electron chi connectivity index (χ0n) is 44.9. The molecule has 2 aromatic heterocycles. The fourth-order valence-corrected chi connectivity index (χ4v) is 7.82. The van der Waals surface area contributed by atoms with Crippen LogP contribution in [0.25, 0.3) is 9.69 Å². The summed E-state index contributed by atoms with van der Waals surface area (Å²) in [5, 5.41) is 52.4. The number of carbonyl (C=O) groups excluding carboxylic acids is 2. The van der Waals surface area contributed by atoms with Crippen molar-refractivity contribution in [3.63, 3.8) is 0 Å². The molecule has 2 amide bonds. The predicted molar refractivity (Wildman–Crippen MR) is 338 cm³/mol. The van der Waals surface area contributed by atoms with Crippen molar-refractivity contribution in [2.24, 2.45) is 22.1 Å². The summed E-state index contributed by atoms with van der Waals surface area (Å²) < 4.78 is 28.3. The Balaban J connectivity index is -0.000000227. The van der Waals surface area contributed by atoms with Crippen molar-refractivity contribution in [3.05, 3.63) is 68.9 Å². The first kappa shape index (κ1) is 68.0. The molecule has 0 aliphatic heterocycles. The number of nitrogens with one attached hydrogen (secondary N) is 2. The van der Waals surface area contributed by atoms with Crippen molar-refractivity contribution < 1.29 is 73.0 Å². The Morgan fingerprint density at radius 3 is 1.50 bits per heavy atom. The van der Waals surface area contributed by atoms with Crippen molar-refractivity contribution >= 4 is 77.8 Å². The molecule has 0 fully saturated rings. The van der Waals surface area contributed by atoms with Gasteiger partial charge in [0.15, 0.2) is 0 Å². The maximum Gasteiger partial charge on any atom is 0.319 e. The van der Waals surface area contributed by atoms with Crippen LogP contribution in [0.3, 0.4) is 0 Å². The van der Waals surface area contributed by atoms with Gasteiger partial charge in [0.25, 0.3) is 0 Å². The average Bonchev–Trinajstić information content (AvgIpc) is 1.62. The number of nitrogen functional groups attached to an aromatic ring is 1. The molecule has 0 aliphatic rings. The van der Waals surface area contributed by atoms with Gasteiger partial charge in [0.05, 0.1) is 114 Å². The standard InChI is InChI=1S/C52H49N7O11S.C7H5N3S.14H2/c1-6-8-10-12-14-16-18-42(51(62)63)37-47(60)55-22-26-66-30-32-68-28-24-59(44-20-21-46(40(3)36-44)57-58-50-45(39-53)41(4)49(54-5)71-50)25-29-69-33-35-70-34-31-67-27-23-56-48(61)38-43(52(64)65)19-17-15-13-11-9-7-2;1-4-5(3-8)6(9)11-7(4)10-2;;;;;;;;;;;;;;/h1-2,20-21,36,42-43H,22-35,37-38H2,3-4H3,(H,55,60)(H,56,61)(H,62,63)(H,64,65);9H2,1H3;14*1H. The van der Waals surface area contributed by atoms with Crippen LogP contribution >= 0.6 is 22.7 Å². The molecule has 6 N–H and O–H groups in total. The number of thiophene rings is 2. The molecule has 82 heavy (non-hydrogen) atoms. The Morgan fingerprint density at radius 1 is 0.659 bits per heavy atom. The topological polar surface area (TPSA) is 289 Å². The van der Waals surface area contributed by atoms with E-state index in [9.17, 15) is 34.7 Å². The van der Waals surface area contributed by atoms with Gasteiger partial charge < -0.3 is 55.2 Å². The van der Waals surface area contributed by atoms with Crippen molar-refractivity contribution in [1.29, 1.82) is 10.5 Å². The molecule has 0 radical (unpaired) electrons. The second-order valence-electron chi connectivity index (χ2n) is 15.9. The Morgan fingerprint density at radius 2 is 1.09 bits per heavy atom. The van der Waals surface area contributed by atoms with Gasteiger partial charge in [0.2, 0.25) is 21.8 Å². The lowest BCUT2D eigenvalue weighted by atomic mass is 10.1. The van der Waals surface area contributed by atoms with Gasteiger partial charge in [-0.1, -0.05) is 11.8 Å². The average molecular weight is 1170 g/mol. The molecule has 2 heterocycles. The quantitative estimate of drug-likeness (QED) is 0.0180. The summed E-state index contributed by atoms with van der Waals surface area (Å²) in [6.07, 6.45) is 9.26. The zero-order chi connectivity index (χ0) is 60.3. The second kappa shape index (κ2) is 41.1. The number of ether oxygens (including phenoxy) is 5. The number of nitriles is 2. The number of terminal acetylenes is 2. The van der Waals surface area contributed by atoms with E-state index in [1.807, 2.05) is 31.2 Å². The summed E-state index contributed by atoms with van der Waals surface area (Å²) in [4.78, 5) is 56.1. The van der Waals surface area contributed by atoms with Crippen LogP contribution < -0.4 is 21.3 Å².